The van der Waals surface area contributed by atoms with Gasteiger partial charge in [-0.05, 0) is 19.8 Å². The van der Waals surface area contributed by atoms with Crippen molar-refractivity contribution in [2.75, 3.05) is 39.4 Å². The number of aliphatic imine (C=N–C) groups is 1. The first-order valence-corrected chi connectivity index (χ1v) is 10.3. The molecule has 3 unspecified atom stereocenters. The largest absolute Gasteiger partial charge is 0.424 e. The standard InChI is InChI=1S/C19H30F3N5O3/c1-3-23-17(27-10-12-30-15(13-27)14-5-4-11-29-14)25-7-6-18(28,19(20,21)22)16-24-8-9-26(16)2/h8-9,14-15,28H,3-7,10-13H2,1-2H3,(H,23,25). The van der Waals surface area contributed by atoms with Gasteiger partial charge in [-0.3, -0.25) is 4.99 Å². The molecule has 0 saturated carbocycles. The van der Waals surface area contributed by atoms with E-state index in [9.17, 15) is 18.3 Å². The highest BCUT2D eigenvalue weighted by Crippen LogP contribution is 2.40. The van der Waals surface area contributed by atoms with Crippen molar-refractivity contribution in [3.8, 4) is 0 Å². The smallest absolute Gasteiger partial charge is 0.375 e. The highest BCUT2D eigenvalue weighted by Gasteiger charge is 2.57. The molecule has 3 heterocycles. The Morgan fingerprint density at radius 1 is 1.33 bits per heavy atom. The predicted molar refractivity (Wildman–Crippen MR) is 104 cm³/mol. The molecule has 2 aliphatic rings. The maximum absolute atomic E-state index is 13.7. The van der Waals surface area contributed by atoms with Gasteiger partial charge in [-0.25, -0.2) is 4.98 Å². The van der Waals surface area contributed by atoms with Crippen LogP contribution < -0.4 is 5.32 Å². The Morgan fingerprint density at radius 2 is 2.10 bits per heavy atom. The zero-order valence-corrected chi connectivity index (χ0v) is 17.4. The zero-order chi connectivity index (χ0) is 21.8. The number of halogens is 3. The molecule has 0 amide bonds. The van der Waals surface area contributed by atoms with Gasteiger partial charge in [-0.1, -0.05) is 0 Å². The molecule has 1 aromatic heterocycles. The third kappa shape index (κ3) is 4.89. The van der Waals surface area contributed by atoms with Crippen molar-refractivity contribution >= 4 is 5.96 Å². The molecule has 2 fully saturated rings. The number of hydrogen-bond donors (Lipinski definition) is 2. The summed E-state index contributed by atoms with van der Waals surface area (Å²) in [5.74, 6) is 0.0631. The quantitative estimate of drug-likeness (QED) is 0.521. The van der Waals surface area contributed by atoms with Gasteiger partial charge in [0.1, 0.15) is 11.9 Å². The van der Waals surface area contributed by atoms with Crippen molar-refractivity contribution in [2.24, 2.45) is 12.0 Å². The minimum absolute atomic E-state index is 0.0365. The number of ether oxygens (including phenoxy) is 2. The van der Waals surface area contributed by atoms with Crippen molar-refractivity contribution in [1.82, 2.24) is 19.8 Å². The molecule has 3 rings (SSSR count). The number of rotatable bonds is 6. The third-order valence-electron chi connectivity index (χ3n) is 5.50. The second-order valence-electron chi connectivity index (χ2n) is 7.61. The molecule has 0 spiro atoms. The molecule has 0 aliphatic carbocycles. The van der Waals surface area contributed by atoms with Crippen LogP contribution in [-0.4, -0.2) is 83.3 Å². The molecule has 11 heteroatoms. The van der Waals surface area contributed by atoms with Crippen LogP contribution in [0.25, 0.3) is 0 Å². The minimum Gasteiger partial charge on any atom is -0.375 e. The van der Waals surface area contributed by atoms with E-state index in [1.807, 2.05) is 11.8 Å². The normalized spacial score (nSPS) is 25.4. The fourth-order valence-corrected chi connectivity index (χ4v) is 3.88. The lowest BCUT2D eigenvalue weighted by Crippen LogP contribution is -2.53. The van der Waals surface area contributed by atoms with Gasteiger partial charge in [0.25, 0.3) is 0 Å². The van der Waals surface area contributed by atoms with Crippen LogP contribution in [0.5, 0.6) is 0 Å². The number of aliphatic hydroxyl groups is 1. The van der Waals surface area contributed by atoms with Crippen LogP contribution in [0.3, 0.4) is 0 Å². The van der Waals surface area contributed by atoms with Gasteiger partial charge in [-0.2, -0.15) is 13.2 Å². The Kier molecular flexibility index (Phi) is 7.25. The van der Waals surface area contributed by atoms with Crippen LogP contribution in [0, 0.1) is 0 Å². The van der Waals surface area contributed by atoms with Crippen molar-refractivity contribution in [3.63, 3.8) is 0 Å². The molecule has 0 aromatic carbocycles. The summed E-state index contributed by atoms with van der Waals surface area (Å²) in [4.78, 5) is 10.1. The number of nitrogens with zero attached hydrogens (tertiary/aromatic N) is 4. The lowest BCUT2D eigenvalue weighted by molar-refractivity contribution is -0.272. The highest BCUT2D eigenvalue weighted by atomic mass is 19.4. The first kappa shape index (κ1) is 22.8. The summed E-state index contributed by atoms with van der Waals surface area (Å²) in [7, 11) is 1.42. The topological polar surface area (TPSA) is 84.1 Å². The number of morpholine rings is 1. The average molecular weight is 433 g/mol. The summed E-state index contributed by atoms with van der Waals surface area (Å²) < 4.78 is 53.8. The molecule has 1 aromatic rings. The van der Waals surface area contributed by atoms with Gasteiger partial charge in [-0.15, -0.1) is 0 Å². The molecule has 30 heavy (non-hydrogen) atoms. The van der Waals surface area contributed by atoms with E-state index in [0.717, 1.165) is 19.4 Å². The average Bonchev–Trinajstić information content (AvgIpc) is 3.38. The monoisotopic (exact) mass is 433 g/mol. The third-order valence-corrected chi connectivity index (χ3v) is 5.50. The number of imidazole rings is 1. The van der Waals surface area contributed by atoms with Gasteiger partial charge in [0.05, 0.1) is 12.7 Å². The molecule has 0 radical (unpaired) electrons. The van der Waals surface area contributed by atoms with Crippen LogP contribution in [-0.2, 0) is 22.1 Å². The SMILES string of the molecule is CCNC(=NCCC(O)(c1nccn1C)C(F)(F)F)N1CCOC(C2CCCO2)C1. The molecule has 8 nitrogen and oxygen atoms in total. The van der Waals surface area contributed by atoms with E-state index < -0.39 is 24.0 Å². The zero-order valence-electron chi connectivity index (χ0n) is 17.4. The van der Waals surface area contributed by atoms with Gasteiger partial charge in [0.2, 0.25) is 5.60 Å². The summed E-state index contributed by atoms with van der Waals surface area (Å²) in [5.41, 5.74) is -3.07. The van der Waals surface area contributed by atoms with Crippen molar-refractivity contribution in [2.45, 2.75) is 50.2 Å². The van der Waals surface area contributed by atoms with Gasteiger partial charge >= 0.3 is 6.18 Å². The molecule has 2 N–H and O–H groups in total. The van der Waals surface area contributed by atoms with Crippen LogP contribution in [0.4, 0.5) is 13.2 Å². The van der Waals surface area contributed by atoms with E-state index in [2.05, 4.69) is 15.3 Å². The highest BCUT2D eigenvalue weighted by molar-refractivity contribution is 5.80. The minimum atomic E-state index is -4.87. The van der Waals surface area contributed by atoms with Crippen LogP contribution in [0.1, 0.15) is 32.0 Å². The predicted octanol–water partition coefficient (Wildman–Crippen LogP) is 1.41. The Labute approximate surface area is 174 Å². The molecule has 2 saturated heterocycles. The maximum atomic E-state index is 13.7. The fraction of sp³-hybridized carbons (Fsp3) is 0.789. The first-order valence-electron chi connectivity index (χ1n) is 10.3. The lowest BCUT2D eigenvalue weighted by Gasteiger charge is -2.37. The lowest BCUT2D eigenvalue weighted by atomic mass is 9.98. The Morgan fingerprint density at radius 3 is 2.70 bits per heavy atom. The summed E-state index contributed by atoms with van der Waals surface area (Å²) >= 11 is 0. The molecule has 0 bridgehead atoms. The van der Waals surface area contributed by atoms with E-state index in [-0.39, 0.29) is 18.8 Å². The van der Waals surface area contributed by atoms with E-state index in [1.54, 1.807) is 0 Å². The van der Waals surface area contributed by atoms with Gasteiger partial charge < -0.3 is 29.4 Å². The Bertz CT molecular complexity index is 721. The maximum Gasteiger partial charge on any atom is 0.424 e. The van der Waals surface area contributed by atoms with Crippen LogP contribution in [0.2, 0.25) is 0 Å². The Balaban J connectivity index is 1.71. The fourth-order valence-electron chi connectivity index (χ4n) is 3.88. The molecule has 170 valence electrons. The number of nitrogens with one attached hydrogen (secondary N) is 1. The second kappa shape index (κ2) is 9.52. The van der Waals surface area contributed by atoms with Crippen molar-refractivity contribution in [1.29, 1.82) is 0 Å². The van der Waals surface area contributed by atoms with E-state index in [4.69, 9.17) is 9.47 Å². The molecular weight excluding hydrogens is 403 g/mol. The summed E-state index contributed by atoms with van der Waals surface area (Å²) in [6, 6.07) is 0. The van der Waals surface area contributed by atoms with Crippen molar-refractivity contribution in [3.05, 3.63) is 18.2 Å². The second-order valence-corrected chi connectivity index (χ2v) is 7.61. The number of aryl methyl sites for hydroxylation is 1. The summed E-state index contributed by atoms with van der Waals surface area (Å²) in [5, 5.41) is 13.6. The summed E-state index contributed by atoms with van der Waals surface area (Å²) in [6.45, 7) is 4.61. The number of hydrogen-bond acceptors (Lipinski definition) is 5. The van der Waals surface area contributed by atoms with Crippen molar-refractivity contribution < 1.29 is 27.8 Å². The molecular formula is C19H30F3N5O3. The van der Waals surface area contributed by atoms with Crippen LogP contribution in [0.15, 0.2) is 17.4 Å². The number of aromatic nitrogens is 2. The van der Waals surface area contributed by atoms with E-state index in [1.165, 1.54) is 24.0 Å². The van der Waals surface area contributed by atoms with Gasteiger partial charge in [0, 0.05) is 58.6 Å². The van der Waals surface area contributed by atoms with Gasteiger partial charge in [0.15, 0.2) is 5.96 Å². The number of alkyl halides is 3. The van der Waals surface area contributed by atoms with Crippen LogP contribution >= 0.6 is 0 Å². The van der Waals surface area contributed by atoms with E-state index in [0.29, 0.717) is 32.2 Å². The molecule has 3 atom stereocenters. The first-order chi connectivity index (χ1) is 14.3. The van der Waals surface area contributed by atoms with E-state index >= 15 is 0 Å². The molecule has 2 aliphatic heterocycles. The summed E-state index contributed by atoms with van der Waals surface area (Å²) in [6.07, 6.45) is -1.01. The number of guanidine groups is 1. The Hall–Kier alpha value is -1.85.